The number of aliphatic hydroxyl groups is 1. The lowest BCUT2D eigenvalue weighted by molar-refractivity contribution is 0.00797. The molecule has 0 aromatic carbocycles. The Balaban J connectivity index is 2.06. The van der Waals surface area contributed by atoms with Crippen LogP contribution in [0.3, 0.4) is 0 Å². The normalized spacial score (nSPS) is 22.1. The molecule has 3 nitrogen and oxygen atoms in total. The molecule has 0 aromatic heterocycles. The second-order valence-corrected chi connectivity index (χ2v) is 5.04. The van der Waals surface area contributed by atoms with Crippen molar-refractivity contribution >= 4 is 6.21 Å². The van der Waals surface area contributed by atoms with Crippen LogP contribution in [0.1, 0.15) is 58.8 Å². The molecule has 0 aromatic rings. The smallest absolute Gasteiger partial charge is 0.106 e. The fourth-order valence-corrected chi connectivity index (χ4v) is 2.28. The zero-order valence-corrected chi connectivity index (χ0v) is 11.9. The van der Waals surface area contributed by atoms with Gasteiger partial charge in [0.15, 0.2) is 0 Å². The van der Waals surface area contributed by atoms with Crippen molar-refractivity contribution in [3.8, 4) is 0 Å². The van der Waals surface area contributed by atoms with E-state index in [0.717, 1.165) is 19.4 Å². The minimum absolute atomic E-state index is 0.176. The Morgan fingerprint density at radius 2 is 2.11 bits per heavy atom. The number of allylic oxidation sites excluding steroid dienone is 2. The molecule has 0 radical (unpaired) electrons. The molecule has 0 saturated carbocycles. The highest BCUT2D eigenvalue weighted by Crippen LogP contribution is 2.15. The van der Waals surface area contributed by atoms with Crippen LogP contribution in [0.5, 0.6) is 0 Å². The lowest BCUT2D eigenvalue weighted by atomic mass is 10.1. The van der Waals surface area contributed by atoms with E-state index >= 15 is 0 Å². The van der Waals surface area contributed by atoms with Crippen molar-refractivity contribution < 1.29 is 5.11 Å². The number of unbranched alkanes of at least 4 members (excludes halogenated alkanes) is 4. The number of aliphatic hydroxyl groups excluding tert-OH is 1. The van der Waals surface area contributed by atoms with E-state index in [4.69, 9.17) is 0 Å². The van der Waals surface area contributed by atoms with Crippen molar-refractivity contribution in [2.75, 3.05) is 6.54 Å². The van der Waals surface area contributed by atoms with Gasteiger partial charge in [-0.25, -0.2) is 0 Å². The fraction of sp³-hybridized carbons (Fsp3) is 0.800. The second kappa shape index (κ2) is 9.29. The van der Waals surface area contributed by atoms with Crippen molar-refractivity contribution in [3.63, 3.8) is 0 Å². The Morgan fingerprint density at radius 3 is 2.83 bits per heavy atom. The fourth-order valence-electron chi connectivity index (χ4n) is 2.28. The molecule has 3 heteroatoms. The van der Waals surface area contributed by atoms with Gasteiger partial charge in [0, 0.05) is 12.8 Å². The molecule has 0 fully saturated rings. The molecule has 1 aliphatic rings. The predicted octanol–water partition coefficient (Wildman–Crippen LogP) is 3.34. The number of rotatable bonds is 9. The molecular formula is C15H28N2O. The molecule has 0 bridgehead atoms. The Labute approximate surface area is 112 Å². The molecule has 0 spiro atoms. The number of nitrogens with zero attached hydrogens (tertiary/aromatic N) is 2. The topological polar surface area (TPSA) is 35.8 Å². The summed E-state index contributed by atoms with van der Waals surface area (Å²) in [6.45, 7) is 4.83. The maximum Gasteiger partial charge on any atom is 0.106 e. The maximum atomic E-state index is 9.57. The SMILES string of the molecule is CCCCCC/C=C/CCC1N=CCN1C(C)O. The third-order valence-corrected chi connectivity index (χ3v) is 3.42. The van der Waals surface area contributed by atoms with Gasteiger partial charge in [-0.3, -0.25) is 9.89 Å². The minimum atomic E-state index is -0.393. The van der Waals surface area contributed by atoms with Gasteiger partial charge in [-0.15, -0.1) is 0 Å². The van der Waals surface area contributed by atoms with Crippen LogP contribution >= 0.6 is 0 Å². The van der Waals surface area contributed by atoms with Gasteiger partial charge in [0.25, 0.3) is 0 Å². The van der Waals surface area contributed by atoms with Gasteiger partial charge in [0.05, 0.1) is 0 Å². The Kier molecular flexibility index (Phi) is 7.94. The summed E-state index contributed by atoms with van der Waals surface area (Å²) in [5.74, 6) is 0. The van der Waals surface area contributed by atoms with Crippen molar-refractivity contribution in [3.05, 3.63) is 12.2 Å². The van der Waals surface area contributed by atoms with Crippen LogP contribution in [0.2, 0.25) is 0 Å². The first kappa shape index (κ1) is 15.4. The Hall–Kier alpha value is -0.670. The van der Waals surface area contributed by atoms with Crippen LogP contribution in [0.4, 0.5) is 0 Å². The molecule has 2 atom stereocenters. The zero-order valence-electron chi connectivity index (χ0n) is 11.9. The lowest BCUT2D eigenvalue weighted by Crippen LogP contribution is -2.37. The van der Waals surface area contributed by atoms with Crippen LogP contribution in [0.25, 0.3) is 0 Å². The van der Waals surface area contributed by atoms with E-state index in [-0.39, 0.29) is 6.17 Å². The van der Waals surface area contributed by atoms with E-state index in [1.54, 1.807) is 0 Å². The van der Waals surface area contributed by atoms with Gasteiger partial charge in [0.2, 0.25) is 0 Å². The van der Waals surface area contributed by atoms with Crippen molar-refractivity contribution in [2.45, 2.75) is 71.2 Å². The van der Waals surface area contributed by atoms with E-state index in [1.807, 2.05) is 18.0 Å². The molecule has 18 heavy (non-hydrogen) atoms. The maximum absolute atomic E-state index is 9.57. The van der Waals surface area contributed by atoms with Crippen LogP contribution < -0.4 is 0 Å². The highest BCUT2D eigenvalue weighted by Gasteiger charge is 2.23. The van der Waals surface area contributed by atoms with Crippen molar-refractivity contribution in [1.29, 1.82) is 0 Å². The average molecular weight is 252 g/mol. The molecule has 1 aliphatic heterocycles. The predicted molar refractivity (Wildman–Crippen MR) is 77.8 cm³/mol. The first-order chi connectivity index (χ1) is 8.75. The van der Waals surface area contributed by atoms with Crippen LogP contribution in [-0.2, 0) is 0 Å². The van der Waals surface area contributed by atoms with Crippen molar-refractivity contribution in [2.24, 2.45) is 4.99 Å². The molecule has 1 N–H and O–H groups in total. The Morgan fingerprint density at radius 1 is 1.33 bits per heavy atom. The summed E-state index contributed by atoms with van der Waals surface area (Å²) >= 11 is 0. The van der Waals surface area contributed by atoms with E-state index in [9.17, 15) is 5.11 Å². The summed E-state index contributed by atoms with van der Waals surface area (Å²) in [5, 5.41) is 9.57. The second-order valence-electron chi connectivity index (χ2n) is 5.04. The lowest BCUT2D eigenvalue weighted by Gasteiger charge is -2.25. The zero-order chi connectivity index (χ0) is 13.2. The van der Waals surface area contributed by atoms with Gasteiger partial charge in [0.1, 0.15) is 12.4 Å². The van der Waals surface area contributed by atoms with E-state index in [0.29, 0.717) is 0 Å². The Bertz CT molecular complexity index is 261. The summed E-state index contributed by atoms with van der Waals surface area (Å²) in [5.41, 5.74) is 0. The summed E-state index contributed by atoms with van der Waals surface area (Å²) in [7, 11) is 0. The highest BCUT2D eigenvalue weighted by atomic mass is 16.3. The van der Waals surface area contributed by atoms with E-state index < -0.39 is 6.23 Å². The standard InChI is InChI=1S/C15H28N2O/c1-3-4-5-6-7-8-9-10-11-15-16-12-13-17(15)14(2)18/h8-9,12,14-15,18H,3-7,10-11,13H2,1-2H3/b9-8+. The summed E-state index contributed by atoms with van der Waals surface area (Å²) < 4.78 is 0. The van der Waals surface area contributed by atoms with E-state index in [2.05, 4.69) is 24.1 Å². The van der Waals surface area contributed by atoms with Crippen LogP contribution in [-0.4, -0.2) is 35.2 Å². The van der Waals surface area contributed by atoms with Gasteiger partial charge in [-0.1, -0.05) is 38.3 Å². The van der Waals surface area contributed by atoms with Gasteiger partial charge >= 0.3 is 0 Å². The molecule has 1 rings (SSSR count). The molecule has 0 aliphatic carbocycles. The quantitative estimate of drug-likeness (QED) is 0.504. The highest BCUT2D eigenvalue weighted by molar-refractivity contribution is 5.62. The molecule has 104 valence electrons. The number of aliphatic imine (C=N–C) groups is 1. The van der Waals surface area contributed by atoms with Crippen LogP contribution in [0.15, 0.2) is 17.1 Å². The number of hydrogen-bond acceptors (Lipinski definition) is 3. The molecule has 0 amide bonds. The number of hydrogen-bond donors (Lipinski definition) is 1. The first-order valence-electron chi connectivity index (χ1n) is 7.36. The average Bonchev–Trinajstić information content (AvgIpc) is 2.81. The molecule has 0 saturated heterocycles. The third-order valence-electron chi connectivity index (χ3n) is 3.42. The molecule has 2 unspecified atom stereocenters. The summed E-state index contributed by atoms with van der Waals surface area (Å²) in [6.07, 6.45) is 14.8. The first-order valence-corrected chi connectivity index (χ1v) is 7.36. The van der Waals surface area contributed by atoms with Crippen molar-refractivity contribution in [1.82, 2.24) is 4.90 Å². The molecular weight excluding hydrogens is 224 g/mol. The minimum Gasteiger partial charge on any atom is -0.379 e. The summed E-state index contributed by atoms with van der Waals surface area (Å²) in [4.78, 5) is 6.43. The largest absolute Gasteiger partial charge is 0.379 e. The van der Waals surface area contributed by atoms with Crippen LogP contribution in [0, 0.1) is 0 Å². The monoisotopic (exact) mass is 252 g/mol. The van der Waals surface area contributed by atoms with Gasteiger partial charge < -0.3 is 5.11 Å². The molecule has 1 heterocycles. The summed E-state index contributed by atoms with van der Waals surface area (Å²) in [6, 6.07) is 0. The van der Waals surface area contributed by atoms with E-state index in [1.165, 1.54) is 32.1 Å². The van der Waals surface area contributed by atoms with Gasteiger partial charge in [-0.05, 0) is 32.6 Å². The third kappa shape index (κ3) is 5.78. The van der Waals surface area contributed by atoms with Gasteiger partial charge in [-0.2, -0.15) is 0 Å².